The zero-order valence-electron chi connectivity index (χ0n) is 18.4. The Hall–Kier alpha value is -2.19. The third-order valence-electron chi connectivity index (χ3n) is 5.14. The molecule has 1 heterocycles. The van der Waals surface area contributed by atoms with Crippen molar-refractivity contribution in [1.82, 2.24) is 13.8 Å². The van der Waals surface area contributed by atoms with E-state index >= 15 is 0 Å². The van der Waals surface area contributed by atoms with Gasteiger partial charge in [0.2, 0.25) is 15.9 Å². The maximum Gasteiger partial charge on any atom is 0.243 e. The maximum atomic E-state index is 13.3. The number of hydrogen-bond acceptors (Lipinski definition) is 3. The van der Waals surface area contributed by atoms with E-state index in [-0.39, 0.29) is 29.3 Å². The molecule has 0 aliphatic carbocycles. The lowest BCUT2D eigenvalue weighted by Crippen LogP contribution is -2.47. The molecular weight excluding hydrogens is 405 g/mol. The Morgan fingerprint density at radius 1 is 1.13 bits per heavy atom. The Balaban J connectivity index is 2.31. The lowest BCUT2D eigenvalue weighted by Gasteiger charge is -2.31. The first-order valence-electron chi connectivity index (χ1n) is 10.2. The molecule has 30 heavy (non-hydrogen) atoms. The standard InChI is InChI=1S/C22H32FN3O3S/c1-6-18(4)26(30(28,29)21-11-9-19(23)10-12-21)16-22(27)25(14-17(2)3)15-20-8-7-13-24(20)5/h7-13,17-18H,6,14-16H2,1-5H3. The van der Waals surface area contributed by atoms with Crippen LogP contribution in [-0.4, -0.2) is 47.2 Å². The summed E-state index contributed by atoms with van der Waals surface area (Å²) in [5.41, 5.74) is 0.973. The third kappa shape index (κ3) is 5.92. The van der Waals surface area contributed by atoms with Crippen molar-refractivity contribution in [3.8, 4) is 0 Å². The van der Waals surface area contributed by atoms with Crippen LogP contribution in [0.3, 0.4) is 0 Å². The average Bonchev–Trinajstić information content (AvgIpc) is 3.09. The van der Waals surface area contributed by atoms with Crippen molar-refractivity contribution in [2.75, 3.05) is 13.1 Å². The molecule has 0 fully saturated rings. The predicted octanol–water partition coefficient (Wildman–Crippen LogP) is 3.64. The first-order chi connectivity index (χ1) is 14.1. The van der Waals surface area contributed by atoms with Crippen LogP contribution in [-0.2, 0) is 28.4 Å². The number of halogens is 1. The molecule has 1 aromatic heterocycles. The highest BCUT2D eigenvalue weighted by Gasteiger charge is 2.32. The molecule has 1 aromatic carbocycles. The van der Waals surface area contributed by atoms with Crippen LogP contribution in [0.2, 0.25) is 0 Å². The van der Waals surface area contributed by atoms with E-state index in [1.54, 1.807) is 11.8 Å². The largest absolute Gasteiger partial charge is 0.353 e. The number of carbonyl (C=O) groups is 1. The van der Waals surface area contributed by atoms with Gasteiger partial charge in [0.15, 0.2) is 0 Å². The summed E-state index contributed by atoms with van der Waals surface area (Å²) in [6, 6.07) is 8.19. The molecule has 0 saturated heterocycles. The van der Waals surface area contributed by atoms with Crippen LogP contribution < -0.4 is 0 Å². The molecule has 0 radical (unpaired) electrons. The summed E-state index contributed by atoms with van der Waals surface area (Å²) in [5, 5.41) is 0. The van der Waals surface area contributed by atoms with Crippen LogP contribution in [0.4, 0.5) is 4.39 Å². The Bertz CT molecular complexity index is 939. The Kier molecular flexibility index (Phi) is 8.20. The fourth-order valence-corrected chi connectivity index (χ4v) is 4.86. The Morgan fingerprint density at radius 2 is 1.77 bits per heavy atom. The van der Waals surface area contributed by atoms with Gasteiger partial charge >= 0.3 is 0 Å². The summed E-state index contributed by atoms with van der Waals surface area (Å²) in [6.07, 6.45) is 2.47. The molecule has 8 heteroatoms. The molecule has 1 unspecified atom stereocenters. The van der Waals surface area contributed by atoms with Crippen molar-refractivity contribution in [3.63, 3.8) is 0 Å². The molecule has 0 saturated carbocycles. The highest BCUT2D eigenvalue weighted by Crippen LogP contribution is 2.21. The molecule has 1 atom stereocenters. The van der Waals surface area contributed by atoms with Crippen LogP contribution in [0.25, 0.3) is 0 Å². The number of benzene rings is 1. The van der Waals surface area contributed by atoms with E-state index in [2.05, 4.69) is 0 Å². The van der Waals surface area contributed by atoms with Gasteiger partial charge in [-0.05, 0) is 55.7 Å². The van der Waals surface area contributed by atoms with Crippen molar-refractivity contribution in [2.24, 2.45) is 13.0 Å². The highest BCUT2D eigenvalue weighted by atomic mass is 32.2. The Morgan fingerprint density at radius 3 is 2.27 bits per heavy atom. The summed E-state index contributed by atoms with van der Waals surface area (Å²) in [5.74, 6) is -0.526. The van der Waals surface area contributed by atoms with E-state index < -0.39 is 15.8 Å². The molecule has 6 nitrogen and oxygen atoms in total. The summed E-state index contributed by atoms with van der Waals surface area (Å²) >= 11 is 0. The van der Waals surface area contributed by atoms with Crippen LogP contribution in [0.1, 0.15) is 39.8 Å². The molecule has 2 rings (SSSR count). The zero-order chi connectivity index (χ0) is 22.5. The topological polar surface area (TPSA) is 62.6 Å². The minimum absolute atomic E-state index is 0.0187. The Labute approximate surface area is 179 Å². The van der Waals surface area contributed by atoms with Gasteiger partial charge in [0.1, 0.15) is 5.82 Å². The van der Waals surface area contributed by atoms with Gasteiger partial charge in [0.25, 0.3) is 0 Å². The molecule has 0 bridgehead atoms. The molecule has 166 valence electrons. The smallest absolute Gasteiger partial charge is 0.243 e. The van der Waals surface area contributed by atoms with Gasteiger partial charge < -0.3 is 9.47 Å². The maximum absolute atomic E-state index is 13.3. The second-order valence-corrected chi connectivity index (χ2v) is 9.93. The number of carbonyl (C=O) groups excluding carboxylic acids is 1. The van der Waals surface area contributed by atoms with Crippen molar-refractivity contribution >= 4 is 15.9 Å². The van der Waals surface area contributed by atoms with Gasteiger partial charge in [-0.1, -0.05) is 20.8 Å². The fraction of sp³-hybridized carbons (Fsp3) is 0.500. The molecule has 0 aliphatic rings. The number of aryl methyl sites for hydroxylation is 1. The number of sulfonamides is 1. The first kappa shape index (κ1) is 24.1. The SMILES string of the molecule is CCC(C)N(CC(=O)N(Cc1cccn1C)CC(C)C)S(=O)(=O)c1ccc(F)cc1. The number of amides is 1. The van der Waals surface area contributed by atoms with Crippen molar-refractivity contribution in [1.29, 1.82) is 0 Å². The average molecular weight is 438 g/mol. The number of rotatable bonds is 10. The first-order valence-corrected chi connectivity index (χ1v) is 11.7. The van der Waals surface area contributed by atoms with Gasteiger partial charge in [-0.25, -0.2) is 12.8 Å². The number of nitrogens with zero attached hydrogens (tertiary/aromatic N) is 3. The molecule has 0 N–H and O–H groups in total. The molecule has 1 amide bonds. The quantitative estimate of drug-likeness (QED) is 0.570. The van der Waals surface area contributed by atoms with Gasteiger partial charge in [0.05, 0.1) is 18.0 Å². The molecular formula is C22H32FN3O3S. The summed E-state index contributed by atoms with van der Waals surface area (Å²) in [4.78, 5) is 14.9. The second-order valence-electron chi connectivity index (χ2n) is 8.04. The summed E-state index contributed by atoms with van der Waals surface area (Å²) in [7, 11) is -2.03. The van der Waals surface area contributed by atoms with Crippen LogP contribution in [0, 0.1) is 11.7 Å². The second kappa shape index (κ2) is 10.2. The number of aromatic nitrogens is 1. The van der Waals surface area contributed by atoms with Crippen molar-refractivity contribution < 1.29 is 17.6 Å². The normalized spacial score (nSPS) is 13.1. The highest BCUT2D eigenvalue weighted by molar-refractivity contribution is 7.89. The fourth-order valence-electron chi connectivity index (χ4n) is 3.21. The number of hydrogen-bond donors (Lipinski definition) is 0. The van der Waals surface area contributed by atoms with E-state index in [1.807, 2.05) is 50.7 Å². The van der Waals surface area contributed by atoms with Crippen molar-refractivity contribution in [2.45, 2.75) is 51.6 Å². The van der Waals surface area contributed by atoms with Crippen LogP contribution >= 0.6 is 0 Å². The minimum atomic E-state index is -3.94. The third-order valence-corrected chi connectivity index (χ3v) is 7.11. The summed E-state index contributed by atoms with van der Waals surface area (Å²) < 4.78 is 42.9. The summed E-state index contributed by atoms with van der Waals surface area (Å²) in [6.45, 7) is 8.36. The van der Waals surface area contributed by atoms with Gasteiger partial charge in [-0.15, -0.1) is 0 Å². The predicted molar refractivity (Wildman–Crippen MR) is 116 cm³/mol. The van der Waals surface area contributed by atoms with E-state index in [1.165, 1.54) is 16.4 Å². The van der Waals surface area contributed by atoms with Gasteiger partial charge in [-0.3, -0.25) is 4.79 Å². The monoisotopic (exact) mass is 437 g/mol. The lowest BCUT2D eigenvalue weighted by molar-refractivity contribution is -0.133. The van der Waals surface area contributed by atoms with Gasteiger partial charge in [-0.2, -0.15) is 4.31 Å². The zero-order valence-corrected chi connectivity index (χ0v) is 19.2. The molecule has 0 aliphatic heterocycles. The van der Waals surface area contributed by atoms with E-state index in [4.69, 9.17) is 0 Å². The van der Waals surface area contributed by atoms with Crippen LogP contribution in [0.5, 0.6) is 0 Å². The molecule has 2 aromatic rings. The molecule has 0 spiro atoms. The van der Waals surface area contributed by atoms with Crippen LogP contribution in [0.15, 0.2) is 47.5 Å². The van der Waals surface area contributed by atoms with E-state index in [0.29, 0.717) is 19.5 Å². The van der Waals surface area contributed by atoms with E-state index in [0.717, 1.165) is 17.8 Å². The van der Waals surface area contributed by atoms with Gasteiger partial charge in [0, 0.05) is 31.5 Å². The minimum Gasteiger partial charge on any atom is -0.353 e. The lowest BCUT2D eigenvalue weighted by atomic mass is 10.2. The van der Waals surface area contributed by atoms with Crippen molar-refractivity contribution in [3.05, 3.63) is 54.1 Å². The van der Waals surface area contributed by atoms with E-state index in [9.17, 15) is 17.6 Å².